The summed E-state index contributed by atoms with van der Waals surface area (Å²) >= 11 is 0. The van der Waals surface area contributed by atoms with Crippen LogP contribution >= 0.6 is 0 Å². The van der Waals surface area contributed by atoms with Crippen LogP contribution in [0.25, 0.3) is 11.0 Å². The van der Waals surface area contributed by atoms with E-state index in [9.17, 15) is 9.59 Å². The fraction of sp³-hybridized carbons (Fsp3) is 0.278. The third-order valence-corrected chi connectivity index (χ3v) is 3.93. The molecule has 0 aliphatic rings. The van der Waals surface area contributed by atoms with Gasteiger partial charge in [0.15, 0.2) is 0 Å². The maximum absolute atomic E-state index is 12.5. The normalized spacial score (nSPS) is 11.1. The largest absolute Gasteiger partial charge is 0.489 e. The molecule has 7 heteroatoms. The second-order valence-electron chi connectivity index (χ2n) is 6.09. The standard InChI is InChI=1S/C18H20N4O3/c1-11(2)25-16-10-15-14(21(3)18(24)22(15)4)9-13(16)20-17(23)12-5-7-19-8-6-12/h5-11H,1-4H3,(H,20,23). The number of aromatic nitrogens is 3. The van der Waals surface area contributed by atoms with Crippen molar-refractivity contribution >= 4 is 22.6 Å². The number of fused-ring (bicyclic) bond motifs is 1. The number of carbonyl (C=O) groups excluding carboxylic acids is 1. The van der Waals surface area contributed by atoms with E-state index in [1.807, 2.05) is 13.8 Å². The van der Waals surface area contributed by atoms with Crippen LogP contribution in [0.15, 0.2) is 41.5 Å². The summed E-state index contributed by atoms with van der Waals surface area (Å²) < 4.78 is 8.93. The number of imidazole rings is 1. The zero-order valence-corrected chi connectivity index (χ0v) is 14.6. The minimum Gasteiger partial charge on any atom is -0.489 e. The van der Waals surface area contributed by atoms with Crippen molar-refractivity contribution in [2.75, 3.05) is 5.32 Å². The lowest BCUT2D eigenvalue weighted by atomic mass is 10.2. The van der Waals surface area contributed by atoms with Gasteiger partial charge in [-0.05, 0) is 32.0 Å². The average Bonchev–Trinajstić information content (AvgIpc) is 2.80. The Morgan fingerprint density at radius 1 is 1.12 bits per heavy atom. The van der Waals surface area contributed by atoms with Gasteiger partial charge in [-0.2, -0.15) is 0 Å². The minimum atomic E-state index is -0.267. The quantitative estimate of drug-likeness (QED) is 0.790. The second-order valence-corrected chi connectivity index (χ2v) is 6.09. The number of aryl methyl sites for hydroxylation is 2. The van der Waals surface area contributed by atoms with Crippen LogP contribution in [0.5, 0.6) is 5.75 Å². The van der Waals surface area contributed by atoms with Gasteiger partial charge in [0, 0.05) is 38.1 Å². The maximum Gasteiger partial charge on any atom is 0.328 e. The van der Waals surface area contributed by atoms with Crippen molar-refractivity contribution in [2.24, 2.45) is 14.1 Å². The monoisotopic (exact) mass is 340 g/mol. The van der Waals surface area contributed by atoms with E-state index in [1.165, 1.54) is 4.57 Å². The predicted molar refractivity (Wildman–Crippen MR) is 96.1 cm³/mol. The maximum atomic E-state index is 12.5. The number of hydrogen-bond donors (Lipinski definition) is 1. The van der Waals surface area contributed by atoms with Crippen LogP contribution in [0.2, 0.25) is 0 Å². The van der Waals surface area contributed by atoms with Crippen molar-refractivity contribution in [2.45, 2.75) is 20.0 Å². The Hall–Kier alpha value is -3.09. The Morgan fingerprint density at radius 2 is 1.72 bits per heavy atom. The molecule has 25 heavy (non-hydrogen) atoms. The smallest absolute Gasteiger partial charge is 0.328 e. The molecule has 0 saturated heterocycles. The molecule has 7 nitrogen and oxygen atoms in total. The number of hydrogen-bond acceptors (Lipinski definition) is 4. The number of pyridine rings is 1. The van der Waals surface area contributed by atoms with Gasteiger partial charge >= 0.3 is 5.69 Å². The van der Waals surface area contributed by atoms with E-state index >= 15 is 0 Å². The number of benzene rings is 1. The highest BCUT2D eigenvalue weighted by Crippen LogP contribution is 2.31. The SMILES string of the molecule is CC(C)Oc1cc2c(cc1NC(=O)c1ccncc1)n(C)c(=O)n2C. The first-order chi connectivity index (χ1) is 11.9. The molecule has 0 atom stereocenters. The van der Waals surface area contributed by atoms with Crippen LogP contribution in [0.4, 0.5) is 5.69 Å². The molecule has 3 aromatic rings. The molecule has 0 radical (unpaired) electrons. The van der Waals surface area contributed by atoms with E-state index in [4.69, 9.17) is 4.74 Å². The number of rotatable bonds is 4. The first-order valence-corrected chi connectivity index (χ1v) is 7.96. The van der Waals surface area contributed by atoms with Gasteiger partial charge < -0.3 is 10.1 Å². The minimum absolute atomic E-state index is 0.0743. The van der Waals surface area contributed by atoms with Crippen LogP contribution in [0.1, 0.15) is 24.2 Å². The highest BCUT2D eigenvalue weighted by atomic mass is 16.5. The molecule has 2 heterocycles. The zero-order valence-electron chi connectivity index (χ0n) is 14.6. The number of ether oxygens (including phenoxy) is 1. The molecule has 0 aliphatic carbocycles. The van der Waals surface area contributed by atoms with Gasteiger partial charge in [-0.1, -0.05) is 0 Å². The lowest BCUT2D eigenvalue weighted by Crippen LogP contribution is -2.19. The predicted octanol–water partition coefficient (Wildman–Crippen LogP) is 2.31. The third-order valence-electron chi connectivity index (χ3n) is 3.93. The molecule has 2 aromatic heterocycles. The molecule has 0 aliphatic heterocycles. The third kappa shape index (κ3) is 3.13. The van der Waals surface area contributed by atoms with Crippen molar-refractivity contribution in [1.82, 2.24) is 14.1 Å². The fourth-order valence-electron chi connectivity index (χ4n) is 2.67. The lowest BCUT2D eigenvalue weighted by molar-refractivity contribution is 0.102. The summed E-state index contributed by atoms with van der Waals surface area (Å²) in [5.74, 6) is 0.252. The van der Waals surface area contributed by atoms with Gasteiger partial charge in [0.2, 0.25) is 0 Å². The Morgan fingerprint density at radius 3 is 2.32 bits per heavy atom. The Bertz CT molecular complexity index is 987. The van der Waals surface area contributed by atoms with E-state index < -0.39 is 0 Å². The summed E-state index contributed by atoms with van der Waals surface area (Å²) in [5, 5.41) is 2.86. The molecule has 0 spiro atoms. The van der Waals surface area contributed by atoms with Crippen LogP contribution in [-0.4, -0.2) is 26.1 Å². The Labute approximate surface area is 144 Å². The van der Waals surface area contributed by atoms with Crippen molar-refractivity contribution in [1.29, 1.82) is 0 Å². The van der Waals surface area contributed by atoms with E-state index in [0.29, 0.717) is 22.5 Å². The first-order valence-electron chi connectivity index (χ1n) is 7.96. The summed E-state index contributed by atoms with van der Waals surface area (Å²) in [7, 11) is 3.40. The first kappa shape index (κ1) is 16.8. The van der Waals surface area contributed by atoms with Crippen LogP contribution < -0.4 is 15.7 Å². The number of nitrogens with zero attached hydrogens (tertiary/aromatic N) is 3. The zero-order chi connectivity index (χ0) is 18.1. The topological polar surface area (TPSA) is 78.2 Å². The Kier molecular flexibility index (Phi) is 4.31. The second kappa shape index (κ2) is 6.43. The van der Waals surface area contributed by atoms with Crippen molar-refractivity contribution in [3.63, 3.8) is 0 Å². The number of carbonyl (C=O) groups is 1. The van der Waals surface area contributed by atoms with Gasteiger partial charge in [0.25, 0.3) is 5.91 Å². The van der Waals surface area contributed by atoms with E-state index in [1.54, 1.807) is 55.3 Å². The molecule has 130 valence electrons. The van der Waals surface area contributed by atoms with E-state index in [-0.39, 0.29) is 17.7 Å². The van der Waals surface area contributed by atoms with Gasteiger partial charge in [-0.15, -0.1) is 0 Å². The van der Waals surface area contributed by atoms with Crippen LogP contribution in [-0.2, 0) is 14.1 Å². The molecule has 0 bridgehead atoms. The molecular weight excluding hydrogens is 320 g/mol. The van der Waals surface area contributed by atoms with Gasteiger partial charge in [-0.3, -0.25) is 18.9 Å². The number of nitrogens with one attached hydrogen (secondary N) is 1. The van der Waals surface area contributed by atoms with Crippen molar-refractivity contribution < 1.29 is 9.53 Å². The molecule has 0 saturated carbocycles. The highest BCUT2D eigenvalue weighted by molar-refractivity contribution is 6.06. The van der Waals surface area contributed by atoms with E-state index in [2.05, 4.69) is 10.3 Å². The summed E-state index contributed by atoms with van der Waals surface area (Å²) in [5.41, 5.74) is 2.33. The number of amides is 1. The molecule has 0 unspecified atom stereocenters. The van der Waals surface area contributed by atoms with Gasteiger partial charge in [0.05, 0.1) is 22.8 Å². The van der Waals surface area contributed by atoms with Crippen molar-refractivity contribution in [3.8, 4) is 5.75 Å². The van der Waals surface area contributed by atoms with E-state index in [0.717, 1.165) is 5.52 Å². The summed E-state index contributed by atoms with van der Waals surface area (Å²) in [6, 6.07) is 6.80. The molecule has 1 amide bonds. The summed E-state index contributed by atoms with van der Waals surface area (Å²) in [6.45, 7) is 3.81. The molecule has 1 aromatic carbocycles. The summed E-state index contributed by atoms with van der Waals surface area (Å²) in [6.07, 6.45) is 3.05. The van der Waals surface area contributed by atoms with Gasteiger partial charge in [-0.25, -0.2) is 4.79 Å². The highest BCUT2D eigenvalue weighted by Gasteiger charge is 2.16. The fourth-order valence-corrected chi connectivity index (χ4v) is 2.67. The van der Waals surface area contributed by atoms with Gasteiger partial charge in [0.1, 0.15) is 5.75 Å². The average molecular weight is 340 g/mol. The lowest BCUT2D eigenvalue weighted by Gasteiger charge is -2.16. The number of anilines is 1. The Balaban J connectivity index is 2.10. The molecule has 1 N–H and O–H groups in total. The molecular formula is C18H20N4O3. The molecule has 3 rings (SSSR count). The van der Waals surface area contributed by atoms with Crippen LogP contribution in [0, 0.1) is 0 Å². The molecule has 0 fully saturated rings. The summed E-state index contributed by atoms with van der Waals surface area (Å²) in [4.78, 5) is 28.6. The van der Waals surface area contributed by atoms with Crippen LogP contribution in [0.3, 0.4) is 0 Å². The van der Waals surface area contributed by atoms with Crippen molar-refractivity contribution in [3.05, 3.63) is 52.7 Å².